The van der Waals surface area contributed by atoms with Gasteiger partial charge >= 0.3 is 0 Å². The number of halogens is 1. The molecule has 2 saturated heterocycles. The second-order valence-corrected chi connectivity index (χ2v) is 15.1. The predicted molar refractivity (Wildman–Crippen MR) is 160 cm³/mol. The highest BCUT2D eigenvalue weighted by molar-refractivity contribution is 6.30. The summed E-state index contributed by atoms with van der Waals surface area (Å²) in [7, 11) is 0. The molecule has 0 radical (unpaired) electrons. The molecule has 2 heterocycles. The number of hydrogen-bond acceptors (Lipinski definition) is 4. The number of nitrogens with two attached hydrogens (primary N) is 1. The van der Waals surface area contributed by atoms with Crippen molar-refractivity contribution in [3.8, 4) is 0 Å². The standard InChI is InChI=1S/C32H49ClN4O3/c1-30(2,3)36-19-25(21-8-10-22(33)11-9-21)26(20-36)27(38)35-17-14-24(18-35)37(29(40)32(6,7)28(34)39)23-12-15-31(4,5)16-13-23/h8-11,23-26H,12-20H2,1-7H3,(H2,34,39)/t24-,25-,26?/m0/s1. The van der Waals surface area contributed by atoms with Gasteiger partial charge in [-0.05, 0) is 89.8 Å². The normalized spacial score (nSPS) is 26.2. The summed E-state index contributed by atoms with van der Waals surface area (Å²) >= 11 is 6.18. The number of benzene rings is 1. The molecule has 7 nitrogen and oxygen atoms in total. The summed E-state index contributed by atoms with van der Waals surface area (Å²) in [6.45, 7) is 17.0. The summed E-state index contributed by atoms with van der Waals surface area (Å²) < 4.78 is 0. The predicted octanol–water partition coefficient (Wildman–Crippen LogP) is 5.06. The summed E-state index contributed by atoms with van der Waals surface area (Å²) in [5, 5.41) is 0.689. The molecule has 40 heavy (non-hydrogen) atoms. The van der Waals surface area contributed by atoms with Crippen LogP contribution in [0, 0.1) is 16.7 Å². The van der Waals surface area contributed by atoms with Crippen molar-refractivity contribution < 1.29 is 14.4 Å². The maximum Gasteiger partial charge on any atom is 0.238 e. The molecule has 3 atom stereocenters. The molecule has 3 amide bonds. The van der Waals surface area contributed by atoms with Gasteiger partial charge in [0.15, 0.2) is 0 Å². The highest BCUT2D eigenvalue weighted by Gasteiger charge is 2.48. The zero-order valence-corrected chi connectivity index (χ0v) is 26.3. The molecule has 3 fully saturated rings. The molecule has 0 spiro atoms. The number of rotatable bonds is 6. The highest BCUT2D eigenvalue weighted by Crippen LogP contribution is 2.41. The summed E-state index contributed by atoms with van der Waals surface area (Å²) in [6, 6.07) is 7.84. The highest BCUT2D eigenvalue weighted by atomic mass is 35.5. The number of nitrogens with zero attached hydrogens (tertiary/aromatic N) is 3. The fourth-order valence-corrected chi connectivity index (χ4v) is 6.90. The first kappa shape index (κ1) is 30.8. The largest absolute Gasteiger partial charge is 0.369 e. The number of carbonyl (C=O) groups is 3. The van der Waals surface area contributed by atoms with Crippen LogP contribution >= 0.6 is 11.6 Å². The molecule has 1 saturated carbocycles. The minimum absolute atomic E-state index is 0.0500. The van der Waals surface area contributed by atoms with Crippen LogP contribution in [0.4, 0.5) is 0 Å². The lowest BCUT2D eigenvalue weighted by atomic mass is 9.74. The molecular weight excluding hydrogens is 524 g/mol. The maximum absolute atomic E-state index is 14.2. The first-order chi connectivity index (χ1) is 18.5. The van der Waals surface area contributed by atoms with Crippen molar-refractivity contribution >= 4 is 29.3 Å². The van der Waals surface area contributed by atoms with Gasteiger partial charge in [-0.25, -0.2) is 0 Å². The van der Waals surface area contributed by atoms with Crippen molar-refractivity contribution in [3.05, 3.63) is 34.9 Å². The van der Waals surface area contributed by atoms with Crippen LogP contribution < -0.4 is 5.73 Å². The number of hydrogen-bond donors (Lipinski definition) is 1. The maximum atomic E-state index is 14.2. The van der Waals surface area contributed by atoms with E-state index >= 15 is 0 Å². The minimum Gasteiger partial charge on any atom is -0.369 e. The molecule has 0 bridgehead atoms. The molecular formula is C32H49ClN4O3. The van der Waals surface area contributed by atoms with Crippen molar-refractivity contribution in [2.75, 3.05) is 26.2 Å². The molecule has 1 aromatic carbocycles. The molecule has 2 aliphatic heterocycles. The first-order valence-electron chi connectivity index (χ1n) is 14.9. The topological polar surface area (TPSA) is 87.0 Å². The van der Waals surface area contributed by atoms with Crippen LogP contribution in [-0.2, 0) is 14.4 Å². The number of primary amides is 1. The molecule has 1 aliphatic carbocycles. The monoisotopic (exact) mass is 572 g/mol. The zero-order chi connectivity index (χ0) is 29.6. The van der Waals surface area contributed by atoms with E-state index in [1.54, 1.807) is 13.8 Å². The van der Waals surface area contributed by atoms with Crippen LogP contribution in [0.3, 0.4) is 0 Å². The van der Waals surface area contributed by atoms with Gasteiger partial charge in [0.05, 0.1) is 12.0 Å². The molecule has 2 N–H and O–H groups in total. The van der Waals surface area contributed by atoms with E-state index < -0.39 is 11.3 Å². The quantitative estimate of drug-likeness (QED) is 0.483. The van der Waals surface area contributed by atoms with Crippen LogP contribution in [0.5, 0.6) is 0 Å². The van der Waals surface area contributed by atoms with Crippen LogP contribution in [0.1, 0.15) is 92.1 Å². The second kappa shape index (κ2) is 11.3. The third kappa shape index (κ3) is 6.35. The van der Waals surface area contributed by atoms with E-state index in [-0.39, 0.29) is 46.7 Å². The summed E-state index contributed by atoms with van der Waals surface area (Å²) in [6.07, 6.45) is 4.58. The van der Waals surface area contributed by atoms with E-state index in [0.29, 0.717) is 31.1 Å². The van der Waals surface area contributed by atoms with Crippen molar-refractivity contribution in [2.24, 2.45) is 22.5 Å². The van der Waals surface area contributed by atoms with Crippen molar-refractivity contribution in [3.63, 3.8) is 0 Å². The smallest absolute Gasteiger partial charge is 0.238 e. The third-order valence-electron chi connectivity index (χ3n) is 9.84. The van der Waals surface area contributed by atoms with Gasteiger partial charge in [-0.15, -0.1) is 0 Å². The van der Waals surface area contributed by atoms with E-state index in [0.717, 1.165) is 37.8 Å². The van der Waals surface area contributed by atoms with E-state index in [1.165, 1.54) is 0 Å². The Morgan fingerprint density at radius 2 is 1.52 bits per heavy atom. The number of carbonyl (C=O) groups excluding carboxylic acids is 3. The Kier molecular flexibility index (Phi) is 8.69. The molecule has 1 aromatic rings. The van der Waals surface area contributed by atoms with Gasteiger partial charge in [-0.3, -0.25) is 19.3 Å². The van der Waals surface area contributed by atoms with Crippen LogP contribution in [0.25, 0.3) is 0 Å². The second-order valence-electron chi connectivity index (χ2n) is 14.7. The van der Waals surface area contributed by atoms with E-state index in [1.807, 2.05) is 34.1 Å². The molecule has 0 aromatic heterocycles. The van der Waals surface area contributed by atoms with E-state index in [9.17, 15) is 14.4 Å². The van der Waals surface area contributed by atoms with Crippen molar-refractivity contribution in [2.45, 2.75) is 104 Å². The van der Waals surface area contributed by atoms with Gasteiger partial charge in [-0.2, -0.15) is 0 Å². The van der Waals surface area contributed by atoms with Crippen molar-refractivity contribution in [1.29, 1.82) is 0 Å². The lowest BCUT2D eigenvalue weighted by Gasteiger charge is -2.45. The fourth-order valence-electron chi connectivity index (χ4n) is 6.77. The zero-order valence-electron chi connectivity index (χ0n) is 25.5. The Labute approximate surface area is 245 Å². The number of amides is 3. The van der Waals surface area contributed by atoms with Gasteiger partial charge in [0, 0.05) is 48.7 Å². The lowest BCUT2D eigenvalue weighted by Crippen LogP contribution is -2.57. The van der Waals surface area contributed by atoms with Gasteiger partial charge in [0.25, 0.3) is 0 Å². The summed E-state index contributed by atoms with van der Waals surface area (Å²) in [4.78, 5) is 46.7. The summed E-state index contributed by atoms with van der Waals surface area (Å²) in [5.41, 5.74) is 5.75. The summed E-state index contributed by atoms with van der Waals surface area (Å²) in [5.74, 6) is -0.747. The average Bonchev–Trinajstić information content (AvgIpc) is 3.53. The Bertz CT molecular complexity index is 1100. The lowest BCUT2D eigenvalue weighted by molar-refractivity contribution is -0.152. The van der Waals surface area contributed by atoms with E-state index in [4.69, 9.17) is 17.3 Å². The Morgan fingerprint density at radius 3 is 2.08 bits per heavy atom. The Balaban J connectivity index is 1.56. The minimum atomic E-state index is -1.29. The Morgan fingerprint density at radius 1 is 0.925 bits per heavy atom. The van der Waals surface area contributed by atoms with Crippen molar-refractivity contribution in [1.82, 2.24) is 14.7 Å². The van der Waals surface area contributed by atoms with Gasteiger partial charge in [0.2, 0.25) is 17.7 Å². The fraction of sp³-hybridized carbons (Fsp3) is 0.719. The van der Waals surface area contributed by atoms with Gasteiger partial charge in [-0.1, -0.05) is 37.6 Å². The molecule has 4 rings (SSSR count). The van der Waals surface area contributed by atoms with Crippen LogP contribution in [-0.4, -0.2) is 76.2 Å². The van der Waals surface area contributed by atoms with Gasteiger partial charge < -0.3 is 15.5 Å². The number of likely N-dealkylation sites (tertiary alicyclic amines) is 2. The average molecular weight is 573 g/mol. The first-order valence-corrected chi connectivity index (χ1v) is 15.3. The molecule has 1 unspecified atom stereocenters. The SMILES string of the molecule is CC1(C)CCC(N(C(=O)C(C)(C)C(N)=O)[C@H]2CCN(C(=O)C3CN(C(C)(C)C)C[C@H]3c3ccc(Cl)cc3)C2)CC1. The molecule has 222 valence electrons. The molecule has 8 heteroatoms. The van der Waals surface area contributed by atoms with Crippen LogP contribution in [0.15, 0.2) is 24.3 Å². The third-order valence-corrected chi connectivity index (χ3v) is 10.1. The van der Waals surface area contributed by atoms with Gasteiger partial charge in [0.1, 0.15) is 5.41 Å². The Hall–Kier alpha value is -2.12. The van der Waals surface area contributed by atoms with Crippen LogP contribution in [0.2, 0.25) is 5.02 Å². The van der Waals surface area contributed by atoms with E-state index in [2.05, 4.69) is 39.5 Å². The molecule has 3 aliphatic rings.